The summed E-state index contributed by atoms with van der Waals surface area (Å²) in [5.74, 6) is -1.24. The van der Waals surface area contributed by atoms with Gasteiger partial charge in [-0.3, -0.25) is 9.59 Å². The first-order chi connectivity index (χ1) is 14.0. The third-order valence-corrected chi connectivity index (χ3v) is 5.43. The molecule has 0 aliphatic carbocycles. The van der Waals surface area contributed by atoms with Crippen LogP contribution in [-0.4, -0.2) is 26.6 Å². The predicted octanol–water partition coefficient (Wildman–Crippen LogP) is 4.34. The van der Waals surface area contributed by atoms with Crippen molar-refractivity contribution >= 4 is 44.5 Å². The van der Waals surface area contributed by atoms with Crippen LogP contribution in [-0.2, 0) is 7.05 Å². The first-order valence-corrected chi connectivity index (χ1v) is 9.51. The van der Waals surface area contributed by atoms with Gasteiger partial charge in [0.1, 0.15) is 11.5 Å². The van der Waals surface area contributed by atoms with Crippen LogP contribution in [0.4, 0.5) is 10.1 Å². The molecule has 8 heteroatoms. The number of rotatable bonds is 2. The Kier molecular flexibility index (Phi) is 3.85. The Morgan fingerprint density at radius 3 is 2.34 bits per heavy atom. The molecule has 142 valence electrons. The zero-order valence-electron chi connectivity index (χ0n) is 15.1. The molecule has 4 aromatic rings. The quantitative estimate of drug-likeness (QED) is 0.426. The van der Waals surface area contributed by atoms with Crippen LogP contribution in [0.25, 0.3) is 22.3 Å². The van der Waals surface area contributed by atoms with Gasteiger partial charge in [0.15, 0.2) is 5.65 Å². The normalized spacial score (nSPS) is 13.4. The number of amides is 2. The van der Waals surface area contributed by atoms with E-state index in [-0.39, 0.29) is 16.9 Å². The third-order valence-electron chi connectivity index (χ3n) is 4.91. The van der Waals surface area contributed by atoms with E-state index in [1.54, 1.807) is 48.1 Å². The van der Waals surface area contributed by atoms with Gasteiger partial charge in [-0.05, 0) is 48.5 Å². The summed E-state index contributed by atoms with van der Waals surface area (Å²) in [5.41, 5.74) is 2.54. The number of aryl methyl sites for hydroxylation is 1. The summed E-state index contributed by atoms with van der Waals surface area (Å²) in [7, 11) is 1.71. The zero-order valence-corrected chi connectivity index (χ0v) is 16.6. The molecule has 3 heterocycles. The first-order valence-electron chi connectivity index (χ1n) is 8.71. The minimum Gasteiger partial charge on any atom is -0.268 e. The maximum atomic E-state index is 13.4. The average molecular weight is 451 g/mol. The van der Waals surface area contributed by atoms with E-state index in [1.807, 2.05) is 0 Å². The van der Waals surface area contributed by atoms with Gasteiger partial charge in [-0.25, -0.2) is 19.0 Å². The fourth-order valence-electron chi connectivity index (χ4n) is 3.56. The highest BCUT2D eigenvalue weighted by Gasteiger charge is 2.40. The highest BCUT2D eigenvalue weighted by Crippen LogP contribution is 2.37. The Bertz CT molecular complexity index is 1310. The predicted molar refractivity (Wildman–Crippen MR) is 109 cm³/mol. The number of benzene rings is 2. The van der Waals surface area contributed by atoms with Gasteiger partial charge in [-0.2, -0.15) is 5.10 Å². The van der Waals surface area contributed by atoms with Crippen molar-refractivity contribution in [3.05, 3.63) is 76.1 Å². The fourth-order valence-corrected chi connectivity index (χ4v) is 3.83. The standard InChI is InChI=1S/C21H12BrFN4O2/c1-26-19-17(18(25-26)11-2-6-13(23)7-3-11)16-15(10-24-19)20(28)27(21(16)29)14-8-4-12(22)5-9-14/h2-10H,1H3. The molecule has 0 bridgehead atoms. The number of carbonyl (C=O) groups is 2. The lowest BCUT2D eigenvalue weighted by Crippen LogP contribution is -2.29. The lowest BCUT2D eigenvalue weighted by Gasteiger charge is -2.13. The molecule has 1 aliphatic rings. The summed E-state index contributed by atoms with van der Waals surface area (Å²) >= 11 is 3.35. The number of halogens is 2. The number of hydrogen-bond donors (Lipinski definition) is 0. The van der Waals surface area contributed by atoms with E-state index < -0.39 is 11.8 Å². The molecule has 1 aliphatic heterocycles. The number of aromatic nitrogens is 3. The van der Waals surface area contributed by atoms with Gasteiger partial charge in [-0.15, -0.1) is 0 Å². The smallest absolute Gasteiger partial charge is 0.267 e. The Balaban J connectivity index is 1.75. The summed E-state index contributed by atoms with van der Waals surface area (Å²) in [6.07, 6.45) is 1.41. The highest BCUT2D eigenvalue weighted by atomic mass is 79.9. The minimum absolute atomic E-state index is 0.224. The van der Waals surface area contributed by atoms with Crippen LogP contribution in [0.5, 0.6) is 0 Å². The molecule has 0 N–H and O–H groups in total. The van der Waals surface area contributed by atoms with E-state index in [0.29, 0.717) is 28.0 Å². The average Bonchev–Trinajstić information content (AvgIpc) is 3.18. The van der Waals surface area contributed by atoms with E-state index in [4.69, 9.17) is 0 Å². The molecule has 0 saturated heterocycles. The second kappa shape index (κ2) is 6.31. The Labute approximate surface area is 172 Å². The van der Waals surface area contributed by atoms with E-state index >= 15 is 0 Å². The van der Waals surface area contributed by atoms with Crippen molar-refractivity contribution in [2.45, 2.75) is 0 Å². The number of hydrogen-bond acceptors (Lipinski definition) is 4. The van der Waals surface area contributed by atoms with Crippen molar-refractivity contribution in [1.82, 2.24) is 14.8 Å². The molecule has 6 nitrogen and oxygen atoms in total. The topological polar surface area (TPSA) is 68.1 Å². The molecular weight excluding hydrogens is 439 g/mol. The second-order valence-corrected chi connectivity index (χ2v) is 7.56. The molecule has 2 aromatic carbocycles. The molecule has 0 unspecified atom stereocenters. The van der Waals surface area contributed by atoms with Crippen LogP contribution in [0.3, 0.4) is 0 Å². The minimum atomic E-state index is -0.435. The Morgan fingerprint density at radius 2 is 1.66 bits per heavy atom. The summed E-state index contributed by atoms with van der Waals surface area (Å²) in [6.45, 7) is 0. The summed E-state index contributed by atoms with van der Waals surface area (Å²) in [4.78, 5) is 31.8. The second-order valence-electron chi connectivity index (χ2n) is 6.65. The highest BCUT2D eigenvalue weighted by molar-refractivity contribution is 9.10. The molecule has 29 heavy (non-hydrogen) atoms. The van der Waals surface area contributed by atoms with Crippen LogP contribution in [0.15, 0.2) is 59.2 Å². The molecule has 2 aromatic heterocycles. The van der Waals surface area contributed by atoms with E-state index in [0.717, 1.165) is 9.37 Å². The number of anilines is 1. The van der Waals surface area contributed by atoms with E-state index in [1.165, 1.54) is 18.3 Å². The maximum absolute atomic E-state index is 13.4. The van der Waals surface area contributed by atoms with E-state index in [2.05, 4.69) is 26.0 Å². The van der Waals surface area contributed by atoms with Crippen LogP contribution >= 0.6 is 15.9 Å². The number of carbonyl (C=O) groups excluding carboxylic acids is 2. The Morgan fingerprint density at radius 1 is 0.966 bits per heavy atom. The lowest BCUT2D eigenvalue weighted by molar-refractivity contribution is 0.0926. The van der Waals surface area contributed by atoms with Crippen LogP contribution in [0.2, 0.25) is 0 Å². The number of imide groups is 1. The van der Waals surface area contributed by atoms with Gasteiger partial charge in [-0.1, -0.05) is 15.9 Å². The van der Waals surface area contributed by atoms with Gasteiger partial charge in [0.05, 0.1) is 22.2 Å². The van der Waals surface area contributed by atoms with Crippen molar-refractivity contribution in [3.63, 3.8) is 0 Å². The van der Waals surface area contributed by atoms with Crippen molar-refractivity contribution in [3.8, 4) is 11.3 Å². The van der Waals surface area contributed by atoms with Gasteiger partial charge in [0, 0.05) is 23.3 Å². The molecular formula is C21H12BrFN4O2. The number of pyridine rings is 1. The Hall–Kier alpha value is -3.39. The first kappa shape index (κ1) is 17.7. The largest absolute Gasteiger partial charge is 0.268 e. The van der Waals surface area contributed by atoms with Crippen LogP contribution in [0, 0.1) is 5.82 Å². The van der Waals surface area contributed by atoms with Crippen molar-refractivity contribution in [2.75, 3.05) is 4.90 Å². The maximum Gasteiger partial charge on any atom is 0.267 e. The summed E-state index contributed by atoms with van der Waals surface area (Å²) < 4.78 is 15.8. The lowest BCUT2D eigenvalue weighted by atomic mass is 10.0. The van der Waals surface area contributed by atoms with Crippen molar-refractivity contribution < 1.29 is 14.0 Å². The number of nitrogens with zero attached hydrogens (tertiary/aromatic N) is 4. The van der Waals surface area contributed by atoms with Gasteiger partial charge in [0.2, 0.25) is 0 Å². The summed E-state index contributed by atoms with van der Waals surface area (Å²) in [6, 6.07) is 12.7. The zero-order chi connectivity index (χ0) is 20.3. The monoisotopic (exact) mass is 450 g/mol. The molecule has 0 radical (unpaired) electrons. The number of fused-ring (bicyclic) bond motifs is 3. The van der Waals surface area contributed by atoms with Crippen LogP contribution < -0.4 is 4.90 Å². The third kappa shape index (κ3) is 2.60. The molecule has 2 amide bonds. The molecule has 0 spiro atoms. The van der Waals surface area contributed by atoms with Crippen molar-refractivity contribution in [1.29, 1.82) is 0 Å². The summed E-state index contributed by atoms with van der Waals surface area (Å²) in [5, 5.41) is 4.96. The fraction of sp³-hybridized carbons (Fsp3) is 0.0476. The van der Waals surface area contributed by atoms with E-state index in [9.17, 15) is 14.0 Å². The SMILES string of the molecule is Cn1nc(-c2ccc(F)cc2)c2c3c(cnc21)C(=O)N(c1ccc(Br)cc1)C3=O. The molecule has 0 fully saturated rings. The van der Waals surface area contributed by atoms with Gasteiger partial charge < -0.3 is 0 Å². The van der Waals surface area contributed by atoms with Gasteiger partial charge in [0.25, 0.3) is 11.8 Å². The van der Waals surface area contributed by atoms with Gasteiger partial charge >= 0.3 is 0 Å². The van der Waals surface area contributed by atoms with Crippen LogP contribution in [0.1, 0.15) is 20.7 Å². The van der Waals surface area contributed by atoms with Crippen molar-refractivity contribution in [2.24, 2.45) is 7.05 Å². The molecule has 0 saturated carbocycles. The molecule has 5 rings (SSSR count). The molecule has 0 atom stereocenters.